The van der Waals surface area contributed by atoms with Gasteiger partial charge in [-0.15, -0.1) is 21.9 Å². The molecule has 0 aliphatic heterocycles. The van der Waals surface area contributed by atoms with Crippen LogP contribution in [0.4, 0.5) is 0 Å². The van der Waals surface area contributed by atoms with Crippen LogP contribution in [0.5, 0.6) is 0 Å². The Labute approximate surface area is 209 Å². The van der Waals surface area contributed by atoms with Gasteiger partial charge >= 0.3 is 0 Å². The van der Waals surface area contributed by atoms with Crippen LogP contribution in [-0.4, -0.2) is 31.7 Å². The van der Waals surface area contributed by atoms with Crippen LogP contribution in [0.15, 0.2) is 55.1 Å². The molecule has 7 nitrogen and oxygen atoms in total. The van der Waals surface area contributed by atoms with Crippen molar-refractivity contribution >= 4 is 58.2 Å². The molecule has 0 fully saturated rings. The van der Waals surface area contributed by atoms with Gasteiger partial charge in [0.15, 0.2) is 0 Å². The maximum absolute atomic E-state index is 8.36. The van der Waals surface area contributed by atoms with E-state index >= 15 is 0 Å². The molecule has 0 aliphatic rings. The van der Waals surface area contributed by atoms with Crippen molar-refractivity contribution in [3.8, 4) is 0 Å². The van der Waals surface area contributed by atoms with E-state index in [2.05, 4.69) is 9.55 Å². The number of aromatic nitrogens is 2. The standard InChI is InChI=1S/C20H18Cl4N2OS.HNO3/c21-17-3-1-14(7-19(17)23)10-27-11-16(9-26-6-5-25-13-26)28-12-15-2-4-18(22)20(24)8-15;2-1(3)4/h1-8,13,16H,9-12H2;(H,2,3,4). The van der Waals surface area contributed by atoms with E-state index in [0.29, 0.717) is 33.3 Å². The molecule has 0 bridgehead atoms. The first kappa shape index (κ1) is 26.6. The van der Waals surface area contributed by atoms with Crippen molar-refractivity contribution in [1.82, 2.24) is 9.55 Å². The van der Waals surface area contributed by atoms with E-state index in [4.69, 9.17) is 66.5 Å². The smallest absolute Gasteiger partial charge is 0.291 e. The van der Waals surface area contributed by atoms with E-state index in [0.717, 1.165) is 23.4 Å². The molecule has 172 valence electrons. The Morgan fingerprint density at radius 2 is 1.66 bits per heavy atom. The summed E-state index contributed by atoms with van der Waals surface area (Å²) < 4.78 is 8.00. The highest BCUT2D eigenvalue weighted by molar-refractivity contribution is 7.99. The summed E-state index contributed by atoms with van der Waals surface area (Å²) in [4.78, 5) is 12.5. The number of rotatable bonds is 9. The minimum atomic E-state index is -1.50. The molecule has 3 rings (SSSR count). The van der Waals surface area contributed by atoms with Crippen LogP contribution in [0.3, 0.4) is 0 Å². The first-order valence-electron chi connectivity index (χ1n) is 9.10. The number of ether oxygens (including phenoxy) is 1. The zero-order valence-corrected chi connectivity index (χ0v) is 20.4. The fourth-order valence-electron chi connectivity index (χ4n) is 2.56. The molecule has 2 aromatic carbocycles. The van der Waals surface area contributed by atoms with Gasteiger partial charge < -0.3 is 14.5 Å². The number of hydrogen-bond donors (Lipinski definition) is 1. The number of imidazole rings is 1. The molecule has 0 amide bonds. The zero-order chi connectivity index (χ0) is 23.5. The van der Waals surface area contributed by atoms with Crippen LogP contribution in [-0.2, 0) is 23.6 Å². The second-order valence-electron chi connectivity index (χ2n) is 6.44. The second-order valence-corrected chi connectivity index (χ2v) is 9.36. The van der Waals surface area contributed by atoms with Crippen molar-refractivity contribution in [2.75, 3.05) is 6.61 Å². The first-order valence-corrected chi connectivity index (χ1v) is 11.7. The van der Waals surface area contributed by atoms with Crippen molar-refractivity contribution in [3.05, 3.63) is 96.5 Å². The molecule has 0 radical (unpaired) electrons. The summed E-state index contributed by atoms with van der Waals surface area (Å²) >= 11 is 26.0. The molecule has 3 aromatic rings. The molecular weight excluding hydrogens is 520 g/mol. The number of thioether (sulfide) groups is 1. The molecule has 12 heteroatoms. The SMILES string of the molecule is Clc1ccc(COCC(Cn2ccnc2)SCc2ccc(Cl)c(Cl)c2)cc1Cl.O=[N+]([O-])O. The molecule has 1 atom stereocenters. The van der Waals surface area contributed by atoms with Gasteiger partial charge in [-0.2, -0.15) is 0 Å². The Morgan fingerprint density at radius 3 is 2.22 bits per heavy atom. The lowest BCUT2D eigenvalue weighted by Crippen LogP contribution is -2.19. The van der Waals surface area contributed by atoms with E-state index < -0.39 is 5.09 Å². The molecule has 0 spiro atoms. The number of hydrogen-bond acceptors (Lipinski definition) is 5. The summed E-state index contributed by atoms with van der Waals surface area (Å²) in [5, 5.41) is 16.1. The highest BCUT2D eigenvalue weighted by atomic mass is 35.5. The van der Waals surface area contributed by atoms with E-state index in [9.17, 15) is 0 Å². The van der Waals surface area contributed by atoms with Gasteiger partial charge in [-0.3, -0.25) is 0 Å². The van der Waals surface area contributed by atoms with Crippen LogP contribution in [0.1, 0.15) is 11.1 Å². The third-order valence-corrected chi connectivity index (χ3v) is 6.73. The lowest BCUT2D eigenvalue weighted by atomic mass is 10.2. The van der Waals surface area contributed by atoms with Crippen LogP contribution < -0.4 is 0 Å². The third-order valence-electron chi connectivity index (χ3n) is 4.00. The van der Waals surface area contributed by atoms with Gasteiger partial charge in [-0.25, -0.2) is 4.98 Å². The quantitative estimate of drug-likeness (QED) is 0.242. The fourth-order valence-corrected chi connectivity index (χ4v) is 4.28. The zero-order valence-electron chi connectivity index (χ0n) is 16.5. The minimum Gasteiger partial charge on any atom is -0.376 e. The largest absolute Gasteiger partial charge is 0.376 e. The highest BCUT2D eigenvalue weighted by Crippen LogP contribution is 2.27. The van der Waals surface area contributed by atoms with E-state index in [1.165, 1.54) is 0 Å². The van der Waals surface area contributed by atoms with Crippen LogP contribution in [0.25, 0.3) is 0 Å². The Kier molecular flexibility index (Phi) is 11.4. The predicted molar refractivity (Wildman–Crippen MR) is 129 cm³/mol. The monoisotopic (exact) mass is 537 g/mol. The Morgan fingerprint density at radius 1 is 1.06 bits per heavy atom. The third kappa shape index (κ3) is 9.85. The van der Waals surface area contributed by atoms with Gasteiger partial charge in [0.1, 0.15) is 0 Å². The van der Waals surface area contributed by atoms with Gasteiger partial charge in [0.2, 0.25) is 0 Å². The summed E-state index contributed by atoms with van der Waals surface area (Å²) in [5.41, 5.74) is 2.12. The molecule has 1 heterocycles. The van der Waals surface area contributed by atoms with Crippen LogP contribution in [0.2, 0.25) is 20.1 Å². The molecule has 0 saturated heterocycles. The number of benzene rings is 2. The average molecular weight is 539 g/mol. The van der Waals surface area contributed by atoms with Gasteiger partial charge in [0.25, 0.3) is 5.09 Å². The summed E-state index contributed by atoms with van der Waals surface area (Å²) in [7, 11) is 0. The Bertz CT molecular complexity index is 1000. The molecule has 1 unspecified atom stereocenters. The first-order chi connectivity index (χ1) is 15.2. The van der Waals surface area contributed by atoms with E-state index in [1.807, 2.05) is 42.9 Å². The van der Waals surface area contributed by atoms with Crippen molar-refractivity contribution in [1.29, 1.82) is 0 Å². The molecule has 32 heavy (non-hydrogen) atoms. The highest BCUT2D eigenvalue weighted by Gasteiger charge is 2.12. The van der Waals surface area contributed by atoms with E-state index in [-0.39, 0.29) is 5.25 Å². The lowest BCUT2D eigenvalue weighted by molar-refractivity contribution is -0.742. The van der Waals surface area contributed by atoms with Crippen LogP contribution in [0, 0.1) is 10.1 Å². The topological polar surface area (TPSA) is 90.4 Å². The minimum absolute atomic E-state index is 0.242. The Balaban J connectivity index is 0.000000837. The van der Waals surface area contributed by atoms with Crippen molar-refractivity contribution in [2.45, 2.75) is 24.2 Å². The van der Waals surface area contributed by atoms with Crippen molar-refractivity contribution < 1.29 is 15.0 Å². The molecule has 0 saturated carbocycles. The van der Waals surface area contributed by atoms with Gasteiger partial charge in [0, 0.05) is 29.9 Å². The Hall–Kier alpha value is -1.68. The molecule has 1 N–H and O–H groups in total. The summed E-state index contributed by atoms with van der Waals surface area (Å²) in [6, 6.07) is 11.3. The number of nitrogens with zero attached hydrogens (tertiary/aromatic N) is 3. The normalized spacial score (nSPS) is 11.5. The predicted octanol–water partition coefficient (Wildman–Crippen LogP) is 6.67. The van der Waals surface area contributed by atoms with E-state index in [1.54, 1.807) is 24.0 Å². The van der Waals surface area contributed by atoms with Gasteiger partial charge in [-0.05, 0) is 35.4 Å². The maximum atomic E-state index is 8.36. The van der Waals surface area contributed by atoms with Crippen molar-refractivity contribution in [2.24, 2.45) is 0 Å². The number of halogens is 4. The maximum Gasteiger partial charge on any atom is 0.291 e. The van der Waals surface area contributed by atoms with Gasteiger partial charge in [0.05, 0.1) is 39.6 Å². The summed E-state index contributed by atoms with van der Waals surface area (Å²) in [5.74, 6) is 0.812. The average Bonchev–Trinajstić information content (AvgIpc) is 3.24. The molecule has 0 aliphatic carbocycles. The fraction of sp³-hybridized carbons (Fsp3) is 0.250. The summed E-state index contributed by atoms with van der Waals surface area (Å²) in [6.07, 6.45) is 5.54. The van der Waals surface area contributed by atoms with Gasteiger partial charge in [-0.1, -0.05) is 58.5 Å². The van der Waals surface area contributed by atoms with Crippen molar-refractivity contribution in [3.63, 3.8) is 0 Å². The molecule has 1 aromatic heterocycles. The molecular formula is C20H19Cl4N3O4S. The second kappa shape index (κ2) is 13.8. The van der Waals surface area contributed by atoms with Crippen LogP contribution >= 0.6 is 58.2 Å². The lowest BCUT2D eigenvalue weighted by Gasteiger charge is -2.18. The summed E-state index contributed by atoms with van der Waals surface area (Å²) in [6.45, 7) is 1.86.